The Hall–Kier alpha value is -2.95. The van der Waals surface area contributed by atoms with Gasteiger partial charge in [0, 0.05) is 29.8 Å². The molecule has 0 unspecified atom stereocenters. The van der Waals surface area contributed by atoms with Crippen LogP contribution in [0.2, 0.25) is 0 Å². The Kier molecular flexibility index (Phi) is 4.75. The van der Waals surface area contributed by atoms with E-state index in [2.05, 4.69) is 24.0 Å². The summed E-state index contributed by atoms with van der Waals surface area (Å²) in [4.78, 5) is 14.8. The molecule has 2 aromatic carbocycles. The molecule has 4 rings (SSSR count). The number of carbonyl (C=O) groups excluding carboxylic acids is 1. The molecule has 1 fully saturated rings. The zero-order valence-electron chi connectivity index (χ0n) is 15.6. The third-order valence-corrected chi connectivity index (χ3v) is 4.98. The summed E-state index contributed by atoms with van der Waals surface area (Å²) in [6.45, 7) is 6.07. The summed E-state index contributed by atoms with van der Waals surface area (Å²) in [6.07, 6.45) is 1.18. The predicted molar refractivity (Wildman–Crippen MR) is 104 cm³/mol. The van der Waals surface area contributed by atoms with Gasteiger partial charge in [-0.3, -0.25) is 4.79 Å². The molecule has 5 nitrogen and oxygen atoms in total. The first-order valence-electron chi connectivity index (χ1n) is 9.39. The van der Waals surface area contributed by atoms with Crippen LogP contribution in [-0.4, -0.2) is 34.1 Å². The van der Waals surface area contributed by atoms with E-state index in [0.717, 1.165) is 24.2 Å². The smallest absolute Gasteiger partial charge is 0.253 e. The van der Waals surface area contributed by atoms with Gasteiger partial charge < -0.3 is 9.32 Å². The zero-order chi connectivity index (χ0) is 18.8. The fourth-order valence-corrected chi connectivity index (χ4v) is 3.80. The van der Waals surface area contributed by atoms with E-state index in [1.54, 1.807) is 0 Å². The molecular formula is C22H23N3O2. The van der Waals surface area contributed by atoms with Crippen molar-refractivity contribution in [3.8, 4) is 22.9 Å². The molecule has 1 saturated heterocycles. The average molecular weight is 361 g/mol. The largest absolute Gasteiger partial charge is 0.416 e. The monoisotopic (exact) mass is 361 g/mol. The van der Waals surface area contributed by atoms with E-state index >= 15 is 0 Å². The fraction of sp³-hybridized carbons (Fsp3) is 0.318. The number of hydrogen-bond donors (Lipinski definition) is 0. The first-order chi connectivity index (χ1) is 13.1. The van der Waals surface area contributed by atoms with Crippen molar-refractivity contribution >= 4 is 5.91 Å². The van der Waals surface area contributed by atoms with E-state index in [1.165, 1.54) is 6.42 Å². The maximum Gasteiger partial charge on any atom is 0.253 e. The molecule has 3 aromatic rings. The Morgan fingerprint density at radius 3 is 2.04 bits per heavy atom. The van der Waals surface area contributed by atoms with Gasteiger partial charge in [0.1, 0.15) is 0 Å². The maximum atomic E-state index is 12.8. The van der Waals surface area contributed by atoms with Gasteiger partial charge in [-0.1, -0.05) is 32.0 Å². The SMILES string of the molecule is C[C@H]1C[C@H](C)CN(C(=O)c2ccc(-c3nnc(-c4ccccc4)o3)cc2)C1. The van der Waals surface area contributed by atoms with Crippen LogP contribution >= 0.6 is 0 Å². The van der Waals surface area contributed by atoms with Gasteiger partial charge in [0.25, 0.3) is 5.91 Å². The van der Waals surface area contributed by atoms with Crippen LogP contribution in [0.3, 0.4) is 0 Å². The second-order valence-corrected chi connectivity index (χ2v) is 7.51. The highest BCUT2D eigenvalue weighted by Crippen LogP contribution is 2.25. The lowest BCUT2D eigenvalue weighted by Gasteiger charge is -2.35. The molecule has 1 amide bonds. The molecule has 0 radical (unpaired) electrons. The summed E-state index contributed by atoms with van der Waals surface area (Å²) in [5.74, 6) is 2.13. The van der Waals surface area contributed by atoms with Crippen LogP contribution in [0.15, 0.2) is 59.0 Å². The molecule has 5 heteroatoms. The molecule has 0 spiro atoms. The van der Waals surface area contributed by atoms with Crippen molar-refractivity contribution in [1.29, 1.82) is 0 Å². The standard InChI is InChI=1S/C22H23N3O2/c1-15-12-16(2)14-25(13-15)22(26)19-10-8-18(9-11-19)21-24-23-20(27-21)17-6-4-3-5-7-17/h3-11,15-16H,12-14H2,1-2H3/t15-,16-/m0/s1. The molecule has 27 heavy (non-hydrogen) atoms. The van der Waals surface area contributed by atoms with Gasteiger partial charge in [-0.15, -0.1) is 10.2 Å². The number of amides is 1. The molecule has 1 aliphatic rings. The third-order valence-electron chi connectivity index (χ3n) is 4.98. The van der Waals surface area contributed by atoms with Crippen LogP contribution in [0, 0.1) is 11.8 Å². The van der Waals surface area contributed by atoms with Gasteiger partial charge in [0.05, 0.1) is 0 Å². The van der Waals surface area contributed by atoms with Crippen LogP contribution in [-0.2, 0) is 0 Å². The Morgan fingerprint density at radius 1 is 0.889 bits per heavy atom. The minimum absolute atomic E-state index is 0.0930. The number of likely N-dealkylation sites (tertiary alicyclic amines) is 1. The number of carbonyl (C=O) groups is 1. The summed E-state index contributed by atoms with van der Waals surface area (Å²) in [5.41, 5.74) is 2.39. The molecule has 0 aliphatic carbocycles. The molecule has 2 heterocycles. The first-order valence-corrected chi connectivity index (χ1v) is 9.39. The highest BCUT2D eigenvalue weighted by atomic mass is 16.4. The lowest BCUT2D eigenvalue weighted by molar-refractivity contribution is 0.0623. The maximum absolute atomic E-state index is 12.8. The summed E-state index contributed by atoms with van der Waals surface area (Å²) in [6, 6.07) is 17.1. The summed E-state index contributed by atoms with van der Waals surface area (Å²) < 4.78 is 5.78. The van der Waals surface area contributed by atoms with Crippen molar-refractivity contribution in [2.75, 3.05) is 13.1 Å². The molecule has 2 atom stereocenters. The average Bonchev–Trinajstić information content (AvgIpc) is 3.18. The molecule has 1 aliphatic heterocycles. The van der Waals surface area contributed by atoms with Crippen molar-refractivity contribution < 1.29 is 9.21 Å². The van der Waals surface area contributed by atoms with Crippen LogP contribution in [0.5, 0.6) is 0 Å². The summed E-state index contributed by atoms with van der Waals surface area (Å²) >= 11 is 0. The van der Waals surface area contributed by atoms with E-state index in [0.29, 0.717) is 29.2 Å². The predicted octanol–water partition coefficient (Wildman–Crippen LogP) is 4.52. The van der Waals surface area contributed by atoms with Crippen molar-refractivity contribution in [3.63, 3.8) is 0 Å². The lowest BCUT2D eigenvalue weighted by Crippen LogP contribution is -2.42. The van der Waals surface area contributed by atoms with Gasteiger partial charge >= 0.3 is 0 Å². The minimum Gasteiger partial charge on any atom is -0.416 e. The number of aromatic nitrogens is 2. The molecule has 0 saturated carbocycles. The van der Waals surface area contributed by atoms with Crippen LogP contribution in [0.25, 0.3) is 22.9 Å². The van der Waals surface area contributed by atoms with Crippen molar-refractivity contribution in [3.05, 3.63) is 60.2 Å². The first kappa shape index (κ1) is 17.5. The van der Waals surface area contributed by atoms with E-state index in [4.69, 9.17) is 4.42 Å². The van der Waals surface area contributed by atoms with Crippen molar-refractivity contribution in [1.82, 2.24) is 15.1 Å². The minimum atomic E-state index is 0.0930. The quantitative estimate of drug-likeness (QED) is 0.688. The van der Waals surface area contributed by atoms with E-state index in [1.807, 2.05) is 59.5 Å². The van der Waals surface area contributed by atoms with Crippen LogP contribution < -0.4 is 0 Å². The second-order valence-electron chi connectivity index (χ2n) is 7.51. The van der Waals surface area contributed by atoms with Crippen LogP contribution in [0.4, 0.5) is 0 Å². The molecule has 1 aromatic heterocycles. The fourth-order valence-electron chi connectivity index (χ4n) is 3.80. The number of benzene rings is 2. The highest BCUT2D eigenvalue weighted by molar-refractivity contribution is 5.94. The molecule has 138 valence electrons. The van der Waals surface area contributed by atoms with E-state index < -0.39 is 0 Å². The lowest BCUT2D eigenvalue weighted by atomic mass is 9.91. The van der Waals surface area contributed by atoms with Gasteiger partial charge in [-0.05, 0) is 54.7 Å². The highest BCUT2D eigenvalue weighted by Gasteiger charge is 2.26. The van der Waals surface area contributed by atoms with Crippen molar-refractivity contribution in [2.24, 2.45) is 11.8 Å². The molecular weight excluding hydrogens is 338 g/mol. The Bertz CT molecular complexity index is 908. The summed E-state index contributed by atoms with van der Waals surface area (Å²) in [7, 11) is 0. The van der Waals surface area contributed by atoms with Gasteiger partial charge in [-0.2, -0.15) is 0 Å². The number of hydrogen-bond acceptors (Lipinski definition) is 4. The van der Waals surface area contributed by atoms with Gasteiger partial charge in [-0.25, -0.2) is 0 Å². The summed E-state index contributed by atoms with van der Waals surface area (Å²) in [5, 5.41) is 8.25. The Morgan fingerprint density at radius 2 is 1.44 bits per heavy atom. The topological polar surface area (TPSA) is 59.2 Å². The third kappa shape index (κ3) is 3.77. The van der Waals surface area contributed by atoms with Crippen molar-refractivity contribution in [2.45, 2.75) is 20.3 Å². The van der Waals surface area contributed by atoms with E-state index in [9.17, 15) is 4.79 Å². The van der Waals surface area contributed by atoms with E-state index in [-0.39, 0.29) is 5.91 Å². The van der Waals surface area contributed by atoms with Gasteiger partial charge in [0.15, 0.2) is 0 Å². The Balaban J connectivity index is 1.51. The Labute approximate surface area is 159 Å². The molecule has 0 bridgehead atoms. The molecule has 0 N–H and O–H groups in total. The van der Waals surface area contributed by atoms with Gasteiger partial charge in [0.2, 0.25) is 11.8 Å². The number of piperidine rings is 1. The van der Waals surface area contributed by atoms with Crippen LogP contribution in [0.1, 0.15) is 30.6 Å². The number of rotatable bonds is 3. The zero-order valence-corrected chi connectivity index (χ0v) is 15.6. The normalized spacial score (nSPS) is 19.9. The second kappa shape index (κ2) is 7.35. The number of nitrogens with zero attached hydrogens (tertiary/aromatic N) is 3.